The van der Waals surface area contributed by atoms with E-state index >= 15 is 0 Å². The minimum Gasteiger partial charge on any atom is -0.207 e. The van der Waals surface area contributed by atoms with Gasteiger partial charge < -0.3 is 0 Å². The van der Waals surface area contributed by atoms with Crippen LogP contribution in [0.25, 0.3) is 0 Å². The lowest BCUT2D eigenvalue weighted by Gasteiger charge is -2.19. The van der Waals surface area contributed by atoms with Crippen LogP contribution in [0.5, 0.6) is 0 Å². The quantitative estimate of drug-likeness (QED) is 0.804. The van der Waals surface area contributed by atoms with E-state index in [2.05, 4.69) is 0 Å². The van der Waals surface area contributed by atoms with Gasteiger partial charge in [-0.3, -0.25) is 0 Å². The Bertz CT molecular complexity index is 500. The number of benzene rings is 1. The topological polar surface area (TPSA) is 61.2 Å². The fraction of sp³-hybridized carbons (Fsp3) is 0.417. The van der Waals surface area contributed by atoms with Crippen molar-refractivity contribution in [3.63, 3.8) is 0 Å². The maximum Gasteiger partial charge on any atom is 0.243 e. The van der Waals surface area contributed by atoms with Crippen LogP contribution >= 0.6 is 0 Å². The van der Waals surface area contributed by atoms with Crippen LogP contribution in [0, 0.1) is 18.3 Å². The molecular weight excluding hydrogens is 236 g/mol. The molecule has 0 spiro atoms. The molecular formula is C12H16N2O2S. The van der Waals surface area contributed by atoms with Gasteiger partial charge in [-0.05, 0) is 19.1 Å². The molecule has 5 heteroatoms. The molecule has 0 saturated heterocycles. The van der Waals surface area contributed by atoms with Crippen molar-refractivity contribution < 1.29 is 8.42 Å². The SMILES string of the molecule is CCN(CCC#N)S(=O)(=O)c1ccc(C)cc1. The summed E-state index contributed by atoms with van der Waals surface area (Å²) in [4.78, 5) is 0.280. The number of aryl methyl sites for hydroxylation is 1. The third kappa shape index (κ3) is 3.29. The summed E-state index contributed by atoms with van der Waals surface area (Å²) in [6.07, 6.45) is 0.207. The molecule has 1 aromatic rings. The largest absolute Gasteiger partial charge is 0.243 e. The Balaban J connectivity index is 3.00. The van der Waals surface area contributed by atoms with E-state index in [9.17, 15) is 8.42 Å². The molecule has 0 aliphatic rings. The van der Waals surface area contributed by atoms with E-state index in [0.717, 1.165) is 5.56 Å². The van der Waals surface area contributed by atoms with E-state index < -0.39 is 10.0 Å². The average molecular weight is 252 g/mol. The zero-order valence-corrected chi connectivity index (χ0v) is 10.9. The van der Waals surface area contributed by atoms with Gasteiger partial charge in [-0.2, -0.15) is 9.57 Å². The summed E-state index contributed by atoms with van der Waals surface area (Å²) in [5, 5.41) is 8.51. The van der Waals surface area contributed by atoms with Crippen molar-refractivity contribution in [2.45, 2.75) is 25.2 Å². The van der Waals surface area contributed by atoms with Gasteiger partial charge in [0.1, 0.15) is 0 Å². The standard InChI is InChI=1S/C12H16N2O2S/c1-3-14(10-4-9-13)17(15,16)12-7-5-11(2)6-8-12/h5-8H,3-4,10H2,1-2H3. The lowest BCUT2D eigenvalue weighted by Crippen LogP contribution is -2.31. The van der Waals surface area contributed by atoms with E-state index in [1.165, 1.54) is 4.31 Å². The van der Waals surface area contributed by atoms with Gasteiger partial charge in [-0.15, -0.1) is 0 Å². The Morgan fingerprint density at radius 3 is 2.35 bits per heavy atom. The van der Waals surface area contributed by atoms with Gasteiger partial charge in [0.15, 0.2) is 0 Å². The molecule has 0 atom stereocenters. The Morgan fingerprint density at radius 2 is 1.88 bits per heavy atom. The number of hydrogen-bond donors (Lipinski definition) is 0. The van der Waals surface area contributed by atoms with Gasteiger partial charge in [0.05, 0.1) is 11.0 Å². The van der Waals surface area contributed by atoms with Crippen molar-refractivity contribution in [1.82, 2.24) is 4.31 Å². The number of rotatable bonds is 5. The Labute approximate surface area is 103 Å². The zero-order valence-electron chi connectivity index (χ0n) is 10.0. The number of sulfonamides is 1. The zero-order chi connectivity index (χ0) is 12.9. The number of hydrogen-bond acceptors (Lipinski definition) is 3. The first-order valence-corrected chi connectivity index (χ1v) is 6.90. The third-order valence-corrected chi connectivity index (χ3v) is 4.47. The second-order valence-corrected chi connectivity index (χ2v) is 5.66. The fourth-order valence-electron chi connectivity index (χ4n) is 1.48. The molecule has 0 aromatic heterocycles. The second-order valence-electron chi connectivity index (χ2n) is 3.72. The first-order chi connectivity index (χ1) is 8.02. The predicted octanol–water partition coefficient (Wildman–Crippen LogP) is 1.92. The van der Waals surface area contributed by atoms with E-state index in [1.54, 1.807) is 31.2 Å². The van der Waals surface area contributed by atoms with Gasteiger partial charge in [0.25, 0.3) is 0 Å². The summed E-state index contributed by atoms with van der Waals surface area (Å²) >= 11 is 0. The monoisotopic (exact) mass is 252 g/mol. The van der Waals surface area contributed by atoms with Crippen molar-refractivity contribution >= 4 is 10.0 Å². The first kappa shape index (κ1) is 13.7. The molecule has 0 amide bonds. The van der Waals surface area contributed by atoms with Crippen LogP contribution in [0.1, 0.15) is 18.9 Å². The maximum absolute atomic E-state index is 12.2. The number of nitriles is 1. The van der Waals surface area contributed by atoms with Crippen LogP contribution in [0.15, 0.2) is 29.2 Å². The molecule has 17 heavy (non-hydrogen) atoms. The van der Waals surface area contributed by atoms with Crippen molar-refractivity contribution in [2.75, 3.05) is 13.1 Å². The lowest BCUT2D eigenvalue weighted by molar-refractivity contribution is 0.435. The van der Waals surface area contributed by atoms with Gasteiger partial charge >= 0.3 is 0 Å². The van der Waals surface area contributed by atoms with Crippen LogP contribution in [-0.4, -0.2) is 25.8 Å². The molecule has 1 rings (SSSR count). The minimum absolute atomic E-state index is 0.207. The normalized spacial score (nSPS) is 11.4. The van der Waals surface area contributed by atoms with Gasteiger partial charge in [-0.25, -0.2) is 8.42 Å². The summed E-state index contributed by atoms with van der Waals surface area (Å²) in [6.45, 7) is 4.29. The van der Waals surface area contributed by atoms with E-state index in [1.807, 2.05) is 13.0 Å². The van der Waals surface area contributed by atoms with Crippen molar-refractivity contribution in [3.05, 3.63) is 29.8 Å². The predicted molar refractivity (Wildman–Crippen MR) is 65.8 cm³/mol. The van der Waals surface area contributed by atoms with Crippen LogP contribution in [0.3, 0.4) is 0 Å². The molecule has 0 heterocycles. The van der Waals surface area contributed by atoms with E-state index in [0.29, 0.717) is 6.54 Å². The van der Waals surface area contributed by atoms with Gasteiger partial charge in [-0.1, -0.05) is 24.6 Å². The summed E-state index contributed by atoms with van der Waals surface area (Å²) in [5.74, 6) is 0. The van der Waals surface area contributed by atoms with E-state index in [4.69, 9.17) is 5.26 Å². The molecule has 0 N–H and O–H groups in total. The van der Waals surface area contributed by atoms with Crippen LogP contribution in [-0.2, 0) is 10.0 Å². The average Bonchev–Trinajstić information content (AvgIpc) is 2.30. The highest BCUT2D eigenvalue weighted by atomic mass is 32.2. The molecule has 0 aliphatic carbocycles. The first-order valence-electron chi connectivity index (χ1n) is 5.46. The van der Waals surface area contributed by atoms with Gasteiger partial charge in [0, 0.05) is 19.5 Å². The van der Waals surface area contributed by atoms with Crippen LogP contribution in [0.2, 0.25) is 0 Å². The molecule has 4 nitrogen and oxygen atoms in total. The molecule has 0 radical (unpaired) electrons. The molecule has 1 aromatic carbocycles. The minimum atomic E-state index is -3.46. The number of nitrogens with zero attached hydrogens (tertiary/aromatic N) is 2. The van der Waals surface area contributed by atoms with Crippen LogP contribution in [0.4, 0.5) is 0 Å². The maximum atomic E-state index is 12.2. The Kier molecular flexibility index (Phi) is 4.67. The Hall–Kier alpha value is -1.38. The van der Waals surface area contributed by atoms with Gasteiger partial charge in [0.2, 0.25) is 10.0 Å². The third-order valence-electron chi connectivity index (χ3n) is 2.48. The summed E-state index contributed by atoms with van der Waals surface area (Å²) < 4.78 is 25.7. The molecule has 0 aliphatic heterocycles. The van der Waals surface area contributed by atoms with E-state index in [-0.39, 0.29) is 17.9 Å². The van der Waals surface area contributed by atoms with Crippen molar-refractivity contribution in [2.24, 2.45) is 0 Å². The molecule has 0 unspecified atom stereocenters. The molecule has 0 fully saturated rings. The lowest BCUT2D eigenvalue weighted by atomic mass is 10.2. The Morgan fingerprint density at radius 1 is 1.29 bits per heavy atom. The van der Waals surface area contributed by atoms with Crippen molar-refractivity contribution in [3.8, 4) is 6.07 Å². The summed E-state index contributed by atoms with van der Waals surface area (Å²) in [5.41, 5.74) is 1.02. The summed E-state index contributed by atoms with van der Waals surface area (Å²) in [7, 11) is -3.46. The molecule has 0 saturated carbocycles. The highest BCUT2D eigenvalue weighted by Crippen LogP contribution is 2.16. The molecule has 0 bridgehead atoms. The van der Waals surface area contributed by atoms with Crippen LogP contribution < -0.4 is 0 Å². The highest BCUT2D eigenvalue weighted by Gasteiger charge is 2.22. The fourth-order valence-corrected chi connectivity index (χ4v) is 2.93. The summed E-state index contributed by atoms with van der Waals surface area (Å²) in [6, 6.07) is 8.69. The second kappa shape index (κ2) is 5.80. The smallest absolute Gasteiger partial charge is 0.207 e. The van der Waals surface area contributed by atoms with Crippen molar-refractivity contribution in [1.29, 1.82) is 5.26 Å². The highest BCUT2D eigenvalue weighted by molar-refractivity contribution is 7.89. The molecule has 92 valence electrons.